The van der Waals surface area contributed by atoms with Gasteiger partial charge in [0.25, 0.3) is 0 Å². The third-order valence-corrected chi connectivity index (χ3v) is 2.29. The lowest BCUT2D eigenvalue weighted by Gasteiger charge is -2.08. The number of carbonyl (C=O) groups excluding carboxylic acids is 2. The van der Waals surface area contributed by atoms with Crippen LogP contribution in [0.2, 0.25) is 0 Å². The molecule has 7 heteroatoms. The lowest BCUT2D eigenvalue weighted by molar-refractivity contribution is -0.130. The Hall–Kier alpha value is -1.76. The van der Waals surface area contributed by atoms with Gasteiger partial charge in [0.15, 0.2) is 5.78 Å². The van der Waals surface area contributed by atoms with Gasteiger partial charge >= 0.3 is 0 Å². The van der Waals surface area contributed by atoms with Gasteiger partial charge in [-0.2, -0.15) is 0 Å². The van der Waals surface area contributed by atoms with Crippen LogP contribution in [0.15, 0.2) is 12.1 Å². The molecule has 1 rings (SSSR count). The van der Waals surface area contributed by atoms with Crippen LogP contribution in [0.1, 0.15) is 12.0 Å². The van der Waals surface area contributed by atoms with Gasteiger partial charge in [-0.3, -0.25) is 9.59 Å². The number of carbonyl (C=O) groups is 2. The minimum Gasteiger partial charge on any atom is -0.377 e. The highest BCUT2D eigenvalue weighted by atomic mass is 19.1. The molecule has 0 aliphatic heterocycles. The van der Waals surface area contributed by atoms with Crippen LogP contribution in [-0.4, -0.2) is 33.3 Å². The smallest absolute Gasteiger partial charge is 0.227 e. The largest absolute Gasteiger partial charge is 0.377 e. The summed E-state index contributed by atoms with van der Waals surface area (Å²) in [6.07, 6.45) is -0.397. The minimum atomic E-state index is -0.846. The quantitative estimate of drug-likeness (QED) is 0.582. The van der Waals surface area contributed by atoms with E-state index in [9.17, 15) is 18.4 Å². The zero-order valence-corrected chi connectivity index (χ0v) is 10.3. The van der Waals surface area contributed by atoms with Crippen LogP contribution < -0.4 is 10.8 Å². The van der Waals surface area contributed by atoms with Crippen LogP contribution in [-0.2, 0) is 20.9 Å². The predicted molar refractivity (Wildman–Crippen MR) is 65.1 cm³/mol. The SMILES string of the molecule is [B]c1cc(F)c(CNC(=O)CC(=O)COC)c(F)c1. The molecule has 0 fully saturated rings. The number of ketones is 1. The highest BCUT2D eigenvalue weighted by molar-refractivity contribution is 6.32. The van der Waals surface area contributed by atoms with Crippen LogP contribution in [0.25, 0.3) is 0 Å². The molecule has 0 heterocycles. The number of nitrogens with one attached hydrogen (secondary N) is 1. The van der Waals surface area contributed by atoms with Crippen molar-refractivity contribution in [1.82, 2.24) is 5.32 Å². The number of rotatable bonds is 6. The molecular weight excluding hydrogens is 255 g/mol. The van der Waals surface area contributed by atoms with Crippen molar-refractivity contribution in [3.63, 3.8) is 0 Å². The molecule has 0 aliphatic rings. The summed E-state index contributed by atoms with van der Waals surface area (Å²) >= 11 is 0. The van der Waals surface area contributed by atoms with Crippen LogP contribution in [0.5, 0.6) is 0 Å². The Morgan fingerprint density at radius 2 is 1.89 bits per heavy atom. The second-order valence-electron chi connectivity index (χ2n) is 3.89. The standard InChI is InChI=1S/C12H12BF2NO3/c1-19-6-8(17)4-12(18)16-5-9-10(14)2-7(13)3-11(9)15/h2-3H,4-6H2,1H3,(H,16,18). The Labute approximate surface area is 110 Å². The van der Waals surface area contributed by atoms with Gasteiger partial charge in [-0.05, 0) is 12.1 Å². The van der Waals surface area contributed by atoms with E-state index in [4.69, 9.17) is 7.85 Å². The van der Waals surface area contributed by atoms with Gasteiger partial charge in [0.1, 0.15) is 26.1 Å². The number of halogens is 2. The van der Waals surface area contributed by atoms with Crippen molar-refractivity contribution < 1.29 is 23.1 Å². The third-order valence-electron chi connectivity index (χ3n) is 2.29. The van der Waals surface area contributed by atoms with Crippen molar-refractivity contribution in [3.05, 3.63) is 29.3 Å². The van der Waals surface area contributed by atoms with Gasteiger partial charge < -0.3 is 10.1 Å². The van der Waals surface area contributed by atoms with Crippen LogP contribution in [0.4, 0.5) is 8.78 Å². The number of Topliss-reactive ketones (excluding diaryl/α,β-unsaturated/α-hetero) is 1. The summed E-state index contributed by atoms with van der Waals surface area (Å²) in [4.78, 5) is 22.4. The summed E-state index contributed by atoms with van der Waals surface area (Å²) in [5.41, 5.74) is -0.345. The Bertz CT molecular complexity index is 471. The summed E-state index contributed by atoms with van der Waals surface area (Å²) in [7, 11) is 6.59. The molecule has 0 saturated heterocycles. The molecule has 1 amide bonds. The molecule has 2 radical (unpaired) electrons. The van der Waals surface area contributed by atoms with E-state index in [1.165, 1.54) is 7.11 Å². The number of hydrogen-bond donors (Lipinski definition) is 1. The van der Waals surface area contributed by atoms with E-state index in [-0.39, 0.29) is 24.2 Å². The van der Waals surface area contributed by atoms with Gasteiger partial charge in [0.05, 0.1) is 6.42 Å². The Morgan fingerprint density at radius 1 is 1.32 bits per heavy atom. The summed E-state index contributed by atoms with van der Waals surface area (Å²) in [5.74, 6) is -2.74. The van der Waals surface area contributed by atoms with E-state index >= 15 is 0 Å². The molecule has 0 bridgehead atoms. The van der Waals surface area contributed by atoms with Crippen molar-refractivity contribution in [2.45, 2.75) is 13.0 Å². The normalized spacial score (nSPS) is 10.3. The molecule has 0 atom stereocenters. The topological polar surface area (TPSA) is 55.4 Å². The molecule has 1 aromatic carbocycles. The average molecular weight is 267 g/mol. The molecule has 4 nitrogen and oxygen atoms in total. The van der Waals surface area contributed by atoms with Gasteiger partial charge in [-0.15, -0.1) is 0 Å². The van der Waals surface area contributed by atoms with E-state index in [1.54, 1.807) is 0 Å². The van der Waals surface area contributed by atoms with E-state index < -0.39 is 29.7 Å². The molecule has 0 aromatic heterocycles. The van der Waals surface area contributed by atoms with E-state index in [0.29, 0.717) is 0 Å². The number of ether oxygens (including phenoxy) is 1. The number of methoxy groups -OCH3 is 1. The average Bonchev–Trinajstić information content (AvgIpc) is 2.27. The minimum absolute atomic E-state index is 0.0413. The molecule has 1 N–H and O–H groups in total. The molecule has 19 heavy (non-hydrogen) atoms. The highest BCUT2D eigenvalue weighted by Crippen LogP contribution is 2.10. The maximum Gasteiger partial charge on any atom is 0.227 e. The maximum absolute atomic E-state index is 13.4. The first-order chi connectivity index (χ1) is 8.93. The molecule has 0 spiro atoms. The third kappa shape index (κ3) is 4.79. The summed E-state index contributed by atoms with van der Waals surface area (Å²) in [6, 6.07) is 1.92. The van der Waals surface area contributed by atoms with Crippen LogP contribution >= 0.6 is 0 Å². The van der Waals surface area contributed by atoms with E-state index in [1.807, 2.05) is 0 Å². The van der Waals surface area contributed by atoms with Gasteiger partial charge in [-0.1, -0.05) is 5.46 Å². The number of hydrogen-bond acceptors (Lipinski definition) is 3. The number of benzene rings is 1. The molecule has 100 valence electrons. The fourth-order valence-electron chi connectivity index (χ4n) is 1.43. The van der Waals surface area contributed by atoms with Gasteiger partial charge in [0, 0.05) is 19.2 Å². The predicted octanol–water partition coefficient (Wildman–Crippen LogP) is -0.0196. The molecule has 0 unspecified atom stereocenters. The van der Waals surface area contributed by atoms with Gasteiger partial charge in [-0.25, -0.2) is 8.78 Å². The maximum atomic E-state index is 13.4. The number of amides is 1. The second kappa shape index (κ2) is 6.99. The van der Waals surface area contributed by atoms with E-state index in [0.717, 1.165) is 12.1 Å². The first kappa shape index (κ1) is 15.3. The zero-order chi connectivity index (χ0) is 14.4. The first-order valence-corrected chi connectivity index (χ1v) is 5.44. The summed E-state index contributed by atoms with van der Waals surface area (Å²) in [5, 5.41) is 2.25. The van der Waals surface area contributed by atoms with Crippen LogP contribution in [0, 0.1) is 11.6 Å². The molecule has 0 aliphatic carbocycles. The fourth-order valence-corrected chi connectivity index (χ4v) is 1.43. The second-order valence-corrected chi connectivity index (χ2v) is 3.89. The molecule has 1 aromatic rings. The highest BCUT2D eigenvalue weighted by Gasteiger charge is 2.13. The van der Waals surface area contributed by atoms with Crippen LogP contribution in [0.3, 0.4) is 0 Å². The van der Waals surface area contributed by atoms with E-state index in [2.05, 4.69) is 10.1 Å². The Morgan fingerprint density at radius 3 is 2.42 bits per heavy atom. The molecular formula is C12H12BF2NO3. The zero-order valence-electron chi connectivity index (χ0n) is 10.3. The van der Waals surface area contributed by atoms with Crippen molar-refractivity contribution in [1.29, 1.82) is 0 Å². The first-order valence-electron chi connectivity index (χ1n) is 5.44. The summed E-state index contributed by atoms with van der Waals surface area (Å²) < 4.78 is 31.3. The monoisotopic (exact) mass is 267 g/mol. The lowest BCUT2D eigenvalue weighted by Crippen LogP contribution is -2.27. The fraction of sp³-hybridized carbons (Fsp3) is 0.333. The van der Waals surface area contributed by atoms with Gasteiger partial charge in [0.2, 0.25) is 5.91 Å². The Kier molecular flexibility index (Phi) is 5.63. The summed E-state index contributed by atoms with van der Waals surface area (Å²) in [6.45, 7) is -0.533. The van der Waals surface area contributed by atoms with Crippen molar-refractivity contribution in [2.75, 3.05) is 13.7 Å². The molecule has 0 saturated carbocycles. The van der Waals surface area contributed by atoms with Crippen molar-refractivity contribution in [2.24, 2.45) is 0 Å². The Balaban J connectivity index is 2.58. The van der Waals surface area contributed by atoms with Crippen molar-refractivity contribution in [3.8, 4) is 0 Å². The lowest BCUT2D eigenvalue weighted by atomic mass is 9.94. The van der Waals surface area contributed by atoms with Crippen molar-refractivity contribution >= 4 is 25.0 Å².